The van der Waals surface area contributed by atoms with E-state index >= 15 is 0 Å². The van der Waals surface area contributed by atoms with Crippen LogP contribution in [-0.4, -0.2) is 17.1 Å². The van der Waals surface area contributed by atoms with E-state index in [0.29, 0.717) is 6.42 Å². The lowest BCUT2D eigenvalue weighted by Gasteiger charge is -2.28. The molecule has 4 heteroatoms. The highest BCUT2D eigenvalue weighted by atomic mass is 35.5. The third-order valence-corrected chi connectivity index (χ3v) is 2.69. The molecule has 1 aliphatic heterocycles. The lowest BCUT2D eigenvalue weighted by Crippen LogP contribution is -2.43. The molecule has 0 aromatic heterocycles. The summed E-state index contributed by atoms with van der Waals surface area (Å²) in [6.45, 7) is 1.99. The van der Waals surface area contributed by atoms with Gasteiger partial charge in [0.1, 0.15) is 6.04 Å². The molecule has 2 rings (SSSR count). The van der Waals surface area contributed by atoms with E-state index in [1.807, 2.05) is 31.2 Å². The van der Waals surface area contributed by atoms with Gasteiger partial charge in [-0.15, -0.1) is 12.4 Å². The van der Waals surface area contributed by atoms with Crippen molar-refractivity contribution >= 4 is 18.4 Å². The number of fused-ring (bicyclic) bond motifs is 1. The predicted molar refractivity (Wildman–Crippen MR) is 60.4 cm³/mol. The summed E-state index contributed by atoms with van der Waals surface area (Å²) in [7, 11) is 0. The van der Waals surface area contributed by atoms with Gasteiger partial charge in [0.15, 0.2) is 0 Å². The zero-order valence-electron chi connectivity index (χ0n) is 8.43. The summed E-state index contributed by atoms with van der Waals surface area (Å²) in [6.07, 6.45) is 0.579. The molecule has 1 heterocycles. The number of benzene rings is 1. The molecule has 0 saturated carbocycles. The molecule has 0 spiro atoms. The molecule has 0 amide bonds. The van der Waals surface area contributed by atoms with E-state index in [0.717, 1.165) is 5.56 Å². The first-order valence-corrected chi connectivity index (χ1v) is 4.75. The van der Waals surface area contributed by atoms with Crippen LogP contribution >= 0.6 is 12.4 Å². The molecule has 0 radical (unpaired) electrons. The van der Waals surface area contributed by atoms with E-state index in [-0.39, 0.29) is 18.4 Å². The highest BCUT2D eigenvalue weighted by Crippen LogP contribution is 2.24. The highest BCUT2D eigenvalue weighted by molar-refractivity contribution is 5.85. The van der Waals surface area contributed by atoms with Crippen LogP contribution in [0.5, 0.6) is 0 Å². The van der Waals surface area contributed by atoms with Gasteiger partial charge in [-0.25, -0.2) is 0 Å². The molecule has 2 N–H and O–H groups in total. The van der Waals surface area contributed by atoms with Crippen LogP contribution in [0.25, 0.3) is 0 Å². The first-order valence-electron chi connectivity index (χ1n) is 4.75. The van der Waals surface area contributed by atoms with Crippen LogP contribution in [0.1, 0.15) is 24.1 Å². The van der Waals surface area contributed by atoms with E-state index in [1.54, 1.807) is 0 Å². The normalized spacial score (nSPS) is 23.8. The quantitative estimate of drug-likeness (QED) is 0.769. The van der Waals surface area contributed by atoms with E-state index in [4.69, 9.17) is 5.11 Å². The molecule has 1 aromatic rings. The third-order valence-electron chi connectivity index (χ3n) is 2.69. The number of halogens is 1. The van der Waals surface area contributed by atoms with E-state index < -0.39 is 12.0 Å². The third kappa shape index (κ3) is 2.30. The molecule has 0 bridgehead atoms. The number of nitrogens with one attached hydrogen (secondary N) is 1. The van der Waals surface area contributed by atoms with Gasteiger partial charge < -0.3 is 5.11 Å². The molecule has 15 heavy (non-hydrogen) atoms. The molecule has 1 aliphatic rings. The Kier molecular flexibility index (Phi) is 3.72. The summed E-state index contributed by atoms with van der Waals surface area (Å²) in [4.78, 5) is 10.8. The van der Waals surface area contributed by atoms with E-state index in [1.165, 1.54) is 5.56 Å². The second-order valence-electron chi connectivity index (χ2n) is 3.68. The molecular weight excluding hydrogens is 214 g/mol. The molecule has 0 saturated heterocycles. The Hall–Kier alpha value is -1.06. The van der Waals surface area contributed by atoms with Crippen LogP contribution in [-0.2, 0) is 11.2 Å². The number of aliphatic carboxylic acids is 1. The molecule has 3 nitrogen and oxygen atoms in total. The maximum Gasteiger partial charge on any atom is 0.321 e. The van der Waals surface area contributed by atoms with Gasteiger partial charge >= 0.3 is 5.97 Å². The fourth-order valence-corrected chi connectivity index (χ4v) is 1.97. The lowest BCUT2D eigenvalue weighted by molar-refractivity contribution is -0.139. The molecule has 0 fully saturated rings. The topological polar surface area (TPSA) is 49.3 Å². The van der Waals surface area contributed by atoms with Crippen LogP contribution in [0.2, 0.25) is 0 Å². The summed E-state index contributed by atoms with van der Waals surface area (Å²) < 4.78 is 0. The SMILES string of the molecule is CC1NC(C(=O)O)Cc2ccccc21.Cl. The van der Waals surface area contributed by atoms with Crippen LogP contribution in [0.15, 0.2) is 24.3 Å². The maximum atomic E-state index is 10.8. The smallest absolute Gasteiger partial charge is 0.321 e. The molecule has 0 aliphatic carbocycles. The summed E-state index contributed by atoms with van der Waals surface area (Å²) >= 11 is 0. The van der Waals surface area contributed by atoms with Crippen molar-refractivity contribution in [3.63, 3.8) is 0 Å². The number of carboxylic acids is 1. The Morgan fingerprint density at radius 1 is 1.47 bits per heavy atom. The summed E-state index contributed by atoms with van der Waals surface area (Å²) in [5.74, 6) is -0.772. The average Bonchev–Trinajstić information content (AvgIpc) is 2.17. The van der Waals surface area contributed by atoms with Gasteiger partial charge in [0.25, 0.3) is 0 Å². The predicted octanol–water partition coefficient (Wildman–Crippen LogP) is 1.77. The van der Waals surface area contributed by atoms with Gasteiger partial charge in [0.2, 0.25) is 0 Å². The van der Waals surface area contributed by atoms with Crippen LogP contribution in [0.3, 0.4) is 0 Å². The molecule has 2 unspecified atom stereocenters. The van der Waals surface area contributed by atoms with Gasteiger partial charge in [0, 0.05) is 6.04 Å². The van der Waals surface area contributed by atoms with Gasteiger partial charge in [0.05, 0.1) is 0 Å². The zero-order chi connectivity index (χ0) is 10.1. The Balaban J connectivity index is 0.00000112. The minimum atomic E-state index is -0.772. The second-order valence-corrected chi connectivity index (χ2v) is 3.68. The average molecular weight is 228 g/mol. The Bertz CT molecular complexity index is 367. The number of carboxylic acid groups (broad SMARTS) is 1. The largest absolute Gasteiger partial charge is 0.480 e. The van der Waals surface area contributed by atoms with Crippen molar-refractivity contribution < 1.29 is 9.90 Å². The lowest BCUT2D eigenvalue weighted by atomic mass is 9.91. The van der Waals surface area contributed by atoms with Crippen molar-refractivity contribution in [3.05, 3.63) is 35.4 Å². The molecule has 1 aromatic carbocycles. The monoisotopic (exact) mass is 227 g/mol. The Morgan fingerprint density at radius 3 is 2.80 bits per heavy atom. The number of rotatable bonds is 1. The fourth-order valence-electron chi connectivity index (χ4n) is 1.97. The van der Waals surface area contributed by atoms with Crippen molar-refractivity contribution in [1.82, 2.24) is 5.32 Å². The molecule has 2 atom stereocenters. The first kappa shape index (κ1) is 12.0. The van der Waals surface area contributed by atoms with Gasteiger partial charge in [-0.2, -0.15) is 0 Å². The summed E-state index contributed by atoms with van der Waals surface area (Å²) in [5.41, 5.74) is 2.36. The minimum Gasteiger partial charge on any atom is -0.480 e. The van der Waals surface area contributed by atoms with Gasteiger partial charge in [-0.1, -0.05) is 24.3 Å². The minimum absolute atomic E-state index is 0. The van der Waals surface area contributed by atoms with E-state index in [9.17, 15) is 4.79 Å². The fraction of sp³-hybridized carbons (Fsp3) is 0.364. The second kappa shape index (κ2) is 4.64. The summed E-state index contributed by atoms with van der Waals surface area (Å²) in [6, 6.07) is 7.67. The summed E-state index contributed by atoms with van der Waals surface area (Å²) in [5, 5.41) is 12.0. The van der Waals surface area contributed by atoms with Crippen LogP contribution in [0, 0.1) is 0 Å². The number of carbonyl (C=O) groups is 1. The van der Waals surface area contributed by atoms with Gasteiger partial charge in [-0.05, 0) is 24.5 Å². The standard InChI is InChI=1S/C11H13NO2.ClH/c1-7-9-5-3-2-4-8(9)6-10(12-7)11(13)14;/h2-5,7,10,12H,6H2,1H3,(H,13,14);1H. The van der Waals surface area contributed by atoms with E-state index in [2.05, 4.69) is 5.32 Å². The van der Waals surface area contributed by atoms with Crippen molar-refractivity contribution in [3.8, 4) is 0 Å². The van der Waals surface area contributed by atoms with Crippen molar-refractivity contribution in [2.75, 3.05) is 0 Å². The van der Waals surface area contributed by atoms with Crippen LogP contribution < -0.4 is 5.32 Å². The first-order chi connectivity index (χ1) is 6.68. The van der Waals surface area contributed by atoms with Crippen molar-refractivity contribution in [2.24, 2.45) is 0 Å². The van der Waals surface area contributed by atoms with Gasteiger partial charge in [-0.3, -0.25) is 10.1 Å². The number of hydrogen-bond donors (Lipinski definition) is 2. The highest BCUT2D eigenvalue weighted by Gasteiger charge is 2.27. The number of hydrogen-bond acceptors (Lipinski definition) is 2. The Labute approximate surface area is 94.9 Å². The van der Waals surface area contributed by atoms with Crippen LogP contribution in [0.4, 0.5) is 0 Å². The maximum absolute atomic E-state index is 10.8. The molecular formula is C11H14ClNO2. The Morgan fingerprint density at radius 2 is 2.13 bits per heavy atom. The zero-order valence-corrected chi connectivity index (χ0v) is 9.25. The van der Waals surface area contributed by atoms with Crippen molar-refractivity contribution in [2.45, 2.75) is 25.4 Å². The van der Waals surface area contributed by atoms with Crippen molar-refractivity contribution in [1.29, 1.82) is 0 Å². The molecule has 82 valence electrons.